The number of hydrogen-bond acceptors (Lipinski definition) is 10. The maximum absolute atomic E-state index is 13.1. The molecule has 0 aliphatic carbocycles. The molecule has 3 aromatic rings. The number of carbonyl (C=O) groups is 3. The quantitative estimate of drug-likeness (QED) is 0.219. The number of nitro benzene ring substituents is 2. The standard InChI is InChI=1S/C24H14N4O10/c29-22-17(23(30)26(24(31)25-22)14-3-8-20-21(11-14)37-12-36-20)9-13-1-5-16(6-2-13)38-19-7-4-15(27(32)33)10-18(19)28(34)35/h1-11H,12H2,(H,25,29,31)/b17-9+. The van der Waals surface area contributed by atoms with E-state index in [4.69, 9.17) is 14.2 Å². The number of fused-ring (bicyclic) bond motifs is 1. The number of ether oxygens (including phenoxy) is 3. The van der Waals surface area contributed by atoms with Crippen LogP contribution in [-0.2, 0) is 9.59 Å². The van der Waals surface area contributed by atoms with Crippen LogP contribution in [0.15, 0.2) is 66.2 Å². The van der Waals surface area contributed by atoms with E-state index in [1.165, 1.54) is 48.5 Å². The van der Waals surface area contributed by atoms with E-state index in [9.17, 15) is 34.6 Å². The summed E-state index contributed by atoms with van der Waals surface area (Å²) in [7, 11) is 0. The van der Waals surface area contributed by atoms with Gasteiger partial charge in [0.15, 0.2) is 11.5 Å². The zero-order valence-electron chi connectivity index (χ0n) is 19.0. The van der Waals surface area contributed by atoms with Crippen molar-refractivity contribution in [3.05, 3.63) is 92.0 Å². The highest BCUT2D eigenvalue weighted by Gasteiger charge is 2.37. The molecule has 0 aromatic heterocycles. The van der Waals surface area contributed by atoms with Crippen molar-refractivity contribution in [3.63, 3.8) is 0 Å². The van der Waals surface area contributed by atoms with Crippen molar-refractivity contribution in [2.75, 3.05) is 11.7 Å². The van der Waals surface area contributed by atoms with Gasteiger partial charge in [0.05, 0.1) is 21.6 Å². The van der Waals surface area contributed by atoms with Crippen LogP contribution in [0.2, 0.25) is 0 Å². The first-order chi connectivity index (χ1) is 18.2. The van der Waals surface area contributed by atoms with Gasteiger partial charge < -0.3 is 14.2 Å². The van der Waals surface area contributed by atoms with Gasteiger partial charge in [-0.25, -0.2) is 9.69 Å². The van der Waals surface area contributed by atoms with Gasteiger partial charge in [-0.05, 0) is 42.0 Å². The second kappa shape index (κ2) is 9.34. The van der Waals surface area contributed by atoms with Crippen LogP contribution in [0, 0.1) is 20.2 Å². The molecule has 190 valence electrons. The molecule has 14 heteroatoms. The number of amides is 4. The summed E-state index contributed by atoms with van der Waals surface area (Å²) in [6.45, 7) is -0.000181. The first-order valence-corrected chi connectivity index (χ1v) is 10.7. The van der Waals surface area contributed by atoms with Gasteiger partial charge >= 0.3 is 11.7 Å². The van der Waals surface area contributed by atoms with E-state index in [-0.39, 0.29) is 29.6 Å². The van der Waals surface area contributed by atoms with Crippen molar-refractivity contribution in [2.24, 2.45) is 0 Å². The van der Waals surface area contributed by atoms with E-state index >= 15 is 0 Å². The van der Waals surface area contributed by atoms with Crippen molar-refractivity contribution in [2.45, 2.75) is 0 Å². The van der Waals surface area contributed by atoms with Gasteiger partial charge in [0.1, 0.15) is 11.3 Å². The summed E-state index contributed by atoms with van der Waals surface area (Å²) in [5.41, 5.74) is -0.822. The highest BCUT2D eigenvalue weighted by atomic mass is 16.7. The Morgan fingerprint density at radius 1 is 0.895 bits per heavy atom. The van der Waals surface area contributed by atoms with E-state index in [0.29, 0.717) is 17.1 Å². The summed E-state index contributed by atoms with van der Waals surface area (Å²) in [5, 5.41) is 24.3. The normalized spacial score (nSPS) is 15.4. The Labute approximate surface area is 211 Å². The maximum Gasteiger partial charge on any atom is 0.335 e. The third-order valence-corrected chi connectivity index (χ3v) is 5.48. The summed E-state index contributed by atoms with van der Waals surface area (Å²) in [4.78, 5) is 59.4. The minimum atomic E-state index is -0.926. The van der Waals surface area contributed by atoms with Crippen LogP contribution < -0.4 is 24.4 Å². The Balaban J connectivity index is 1.39. The summed E-state index contributed by atoms with van der Waals surface area (Å²) in [5.74, 6) is -1.02. The predicted octanol–water partition coefficient (Wildman–Crippen LogP) is 3.69. The predicted molar refractivity (Wildman–Crippen MR) is 128 cm³/mol. The molecule has 2 aliphatic rings. The number of hydrogen-bond donors (Lipinski definition) is 1. The summed E-state index contributed by atoms with van der Waals surface area (Å²) < 4.78 is 16.0. The van der Waals surface area contributed by atoms with Crippen LogP contribution in [0.3, 0.4) is 0 Å². The van der Waals surface area contributed by atoms with Crippen LogP contribution in [0.4, 0.5) is 21.9 Å². The molecule has 38 heavy (non-hydrogen) atoms. The van der Waals surface area contributed by atoms with Crippen molar-refractivity contribution >= 4 is 41.0 Å². The number of imide groups is 2. The van der Waals surface area contributed by atoms with E-state index in [1.807, 2.05) is 0 Å². The van der Waals surface area contributed by atoms with Crippen molar-refractivity contribution in [3.8, 4) is 23.0 Å². The largest absolute Gasteiger partial charge is 0.454 e. The Bertz CT molecular complexity index is 1560. The highest BCUT2D eigenvalue weighted by Crippen LogP contribution is 2.37. The lowest BCUT2D eigenvalue weighted by atomic mass is 10.1. The Kier molecular flexibility index (Phi) is 5.88. The minimum Gasteiger partial charge on any atom is -0.454 e. The van der Waals surface area contributed by atoms with Gasteiger partial charge in [-0.1, -0.05) is 12.1 Å². The van der Waals surface area contributed by atoms with Gasteiger partial charge in [-0.3, -0.25) is 35.1 Å². The smallest absolute Gasteiger partial charge is 0.335 e. The van der Waals surface area contributed by atoms with Crippen molar-refractivity contribution in [1.82, 2.24) is 5.32 Å². The molecule has 0 atom stereocenters. The van der Waals surface area contributed by atoms with Crippen LogP contribution in [-0.4, -0.2) is 34.5 Å². The molecule has 0 saturated carbocycles. The van der Waals surface area contributed by atoms with Gasteiger partial charge in [0.25, 0.3) is 17.5 Å². The minimum absolute atomic E-state index is 0.000181. The molecule has 0 radical (unpaired) electrons. The van der Waals surface area contributed by atoms with E-state index in [0.717, 1.165) is 23.1 Å². The number of urea groups is 1. The molecule has 2 heterocycles. The van der Waals surface area contributed by atoms with Gasteiger partial charge in [-0.15, -0.1) is 0 Å². The molecule has 1 saturated heterocycles. The molecule has 0 unspecified atom stereocenters. The zero-order valence-corrected chi connectivity index (χ0v) is 19.0. The Morgan fingerprint density at radius 2 is 1.63 bits per heavy atom. The first-order valence-electron chi connectivity index (χ1n) is 10.7. The topological polar surface area (TPSA) is 180 Å². The first kappa shape index (κ1) is 23.9. The van der Waals surface area contributed by atoms with Gasteiger partial charge in [0, 0.05) is 12.1 Å². The molecular weight excluding hydrogens is 504 g/mol. The summed E-state index contributed by atoms with van der Waals surface area (Å²) in [6, 6.07) is 12.3. The fourth-order valence-electron chi connectivity index (χ4n) is 3.69. The molecule has 0 bridgehead atoms. The van der Waals surface area contributed by atoms with Crippen molar-refractivity contribution in [1.29, 1.82) is 0 Å². The van der Waals surface area contributed by atoms with E-state index < -0.39 is 39.1 Å². The number of anilines is 1. The van der Waals surface area contributed by atoms with E-state index in [1.54, 1.807) is 0 Å². The SMILES string of the molecule is O=C1NC(=O)N(c2ccc3c(c2)OCO3)C(=O)/C1=C/c1ccc(Oc2ccc([N+](=O)[O-])cc2[N+](=O)[O-])cc1. The molecule has 0 spiro atoms. The number of nitrogens with zero attached hydrogens (tertiary/aromatic N) is 3. The lowest BCUT2D eigenvalue weighted by Crippen LogP contribution is -2.54. The second-order valence-electron chi connectivity index (χ2n) is 7.83. The summed E-state index contributed by atoms with van der Waals surface area (Å²) >= 11 is 0. The Hall–Kier alpha value is -5.79. The van der Waals surface area contributed by atoms with Crippen LogP contribution in [0.1, 0.15) is 5.56 Å². The molecule has 1 fully saturated rings. The monoisotopic (exact) mass is 518 g/mol. The Morgan fingerprint density at radius 3 is 2.34 bits per heavy atom. The molecule has 3 aromatic carbocycles. The number of barbiturate groups is 1. The molecule has 1 N–H and O–H groups in total. The fourth-order valence-corrected chi connectivity index (χ4v) is 3.69. The number of rotatable bonds is 6. The van der Waals surface area contributed by atoms with Crippen LogP contribution in [0.5, 0.6) is 23.0 Å². The molecule has 2 aliphatic heterocycles. The lowest BCUT2D eigenvalue weighted by Gasteiger charge is -2.26. The number of carbonyl (C=O) groups excluding carboxylic acids is 3. The number of non-ortho nitro benzene ring substituents is 1. The number of nitro groups is 2. The third kappa shape index (κ3) is 4.44. The maximum atomic E-state index is 13.1. The zero-order chi connectivity index (χ0) is 27.0. The van der Waals surface area contributed by atoms with E-state index in [2.05, 4.69) is 5.32 Å². The number of nitrogens with one attached hydrogen (secondary N) is 1. The highest BCUT2D eigenvalue weighted by molar-refractivity contribution is 6.39. The second-order valence-corrected chi connectivity index (χ2v) is 7.83. The molecule has 14 nitrogen and oxygen atoms in total. The van der Waals surface area contributed by atoms with Crippen molar-refractivity contribution < 1.29 is 38.4 Å². The molecular formula is C24H14N4O10. The lowest BCUT2D eigenvalue weighted by molar-refractivity contribution is -0.394. The average Bonchev–Trinajstić information content (AvgIpc) is 3.35. The number of benzene rings is 3. The van der Waals surface area contributed by atoms with Crippen LogP contribution in [0.25, 0.3) is 6.08 Å². The van der Waals surface area contributed by atoms with Gasteiger partial charge in [-0.2, -0.15) is 0 Å². The fraction of sp³-hybridized carbons (Fsp3) is 0.0417. The van der Waals surface area contributed by atoms with Gasteiger partial charge in [0.2, 0.25) is 12.5 Å². The third-order valence-electron chi connectivity index (χ3n) is 5.48. The molecule has 4 amide bonds. The summed E-state index contributed by atoms with van der Waals surface area (Å²) in [6.07, 6.45) is 1.27. The average molecular weight is 518 g/mol. The van der Waals surface area contributed by atoms with Crippen LogP contribution >= 0.6 is 0 Å². The molecule has 5 rings (SSSR count).